The molecule has 0 unspecified atom stereocenters. The number of para-hydroxylation sites is 1. The minimum Gasteiger partial charge on any atom is -0.494 e. The van der Waals surface area contributed by atoms with Crippen molar-refractivity contribution in [2.75, 3.05) is 25.0 Å². The number of carbonyl (C=O) groups is 1. The van der Waals surface area contributed by atoms with Crippen LogP contribution in [0.5, 0.6) is 5.75 Å². The molecule has 0 saturated carbocycles. The molecule has 1 N–H and O–H groups in total. The number of likely N-dealkylation sites (tertiary alicyclic amines) is 1. The minimum absolute atomic E-state index is 0.00269. The first kappa shape index (κ1) is 20.2. The zero-order valence-electron chi connectivity index (χ0n) is 16.7. The Hall–Kier alpha value is -3.06. The van der Waals surface area contributed by atoms with E-state index in [1.807, 2.05) is 31.2 Å². The molecule has 0 atom stereocenters. The van der Waals surface area contributed by atoms with Crippen molar-refractivity contribution < 1.29 is 9.53 Å². The molecule has 2 amide bonds. The Morgan fingerprint density at radius 1 is 1.20 bits per heavy atom. The molecule has 30 heavy (non-hydrogen) atoms. The van der Waals surface area contributed by atoms with Gasteiger partial charge >= 0.3 is 6.03 Å². The van der Waals surface area contributed by atoms with E-state index in [1.165, 1.54) is 0 Å². The van der Waals surface area contributed by atoms with E-state index in [-0.39, 0.29) is 17.6 Å². The number of urea groups is 1. The summed E-state index contributed by atoms with van der Waals surface area (Å²) in [6, 6.07) is 12.4. The number of aromatic nitrogens is 2. The molecule has 7 nitrogen and oxygen atoms in total. The molecule has 0 aliphatic carbocycles. The molecule has 2 heterocycles. The molecular formula is C22H23ClN4O3. The van der Waals surface area contributed by atoms with E-state index < -0.39 is 0 Å². The molecule has 0 bridgehead atoms. The van der Waals surface area contributed by atoms with Crippen LogP contribution >= 0.6 is 11.6 Å². The molecule has 1 aliphatic heterocycles. The third kappa shape index (κ3) is 4.11. The Morgan fingerprint density at radius 3 is 2.63 bits per heavy atom. The van der Waals surface area contributed by atoms with Crippen LogP contribution < -0.4 is 15.6 Å². The van der Waals surface area contributed by atoms with Crippen LogP contribution in [-0.2, 0) is 0 Å². The lowest BCUT2D eigenvalue weighted by Crippen LogP contribution is -2.42. The maximum Gasteiger partial charge on any atom is 0.321 e. The highest BCUT2D eigenvalue weighted by molar-refractivity contribution is 6.34. The largest absolute Gasteiger partial charge is 0.494 e. The average molecular weight is 427 g/mol. The fourth-order valence-corrected chi connectivity index (χ4v) is 3.96. The summed E-state index contributed by atoms with van der Waals surface area (Å²) in [5.41, 5.74) is 1.14. The number of nitrogens with zero attached hydrogens (tertiary/aromatic N) is 3. The predicted octanol–water partition coefficient (Wildman–Crippen LogP) is 4.32. The zero-order valence-corrected chi connectivity index (χ0v) is 17.4. The Labute approximate surface area is 179 Å². The molecule has 0 spiro atoms. The minimum atomic E-state index is -0.145. The van der Waals surface area contributed by atoms with Gasteiger partial charge < -0.3 is 15.0 Å². The summed E-state index contributed by atoms with van der Waals surface area (Å²) in [5.74, 6) is 0.770. The van der Waals surface area contributed by atoms with Crippen molar-refractivity contribution in [1.82, 2.24) is 14.5 Å². The first-order valence-corrected chi connectivity index (χ1v) is 10.4. The van der Waals surface area contributed by atoms with Crippen LogP contribution in [0, 0.1) is 0 Å². The zero-order chi connectivity index (χ0) is 21.1. The Morgan fingerprint density at radius 2 is 1.93 bits per heavy atom. The number of piperidine rings is 1. The van der Waals surface area contributed by atoms with E-state index >= 15 is 0 Å². The van der Waals surface area contributed by atoms with Gasteiger partial charge in [-0.1, -0.05) is 17.7 Å². The van der Waals surface area contributed by atoms with Crippen LogP contribution in [0.4, 0.5) is 10.5 Å². The quantitative estimate of drug-likeness (QED) is 0.674. The molecular weight excluding hydrogens is 404 g/mol. The van der Waals surface area contributed by atoms with Crippen LogP contribution in [0.15, 0.2) is 53.6 Å². The lowest BCUT2D eigenvalue weighted by Gasteiger charge is -2.32. The molecule has 4 rings (SSSR count). The SMILES string of the molecule is CCOc1ccc(NC(=O)N2CCC(n3cnc4c(Cl)cccc4c3=O)CC2)cc1. The monoisotopic (exact) mass is 426 g/mol. The summed E-state index contributed by atoms with van der Waals surface area (Å²) in [6.07, 6.45) is 2.94. The molecule has 1 aromatic heterocycles. The van der Waals surface area contributed by atoms with E-state index in [2.05, 4.69) is 10.3 Å². The number of anilines is 1. The summed E-state index contributed by atoms with van der Waals surface area (Å²) in [5, 5.41) is 3.90. The van der Waals surface area contributed by atoms with Crippen LogP contribution in [0.3, 0.4) is 0 Å². The lowest BCUT2D eigenvalue weighted by molar-refractivity contribution is 0.182. The predicted molar refractivity (Wildman–Crippen MR) is 117 cm³/mol. The molecule has 1 saturated heterocycles. The number of amides is 2. The average Bonchev–Trinajstić information content (AvgIpc) is 2.76. The summed E-state index contributed by atoms with van der Waals surface area (Å²) in [6.45, 7) is 3.65. The standard InChI is InChI=1S/C22H23ClN4O3/c1-2-30-17-8-6-15(7-9-17)25-22(29)26-12-10-16(11-13-26)27-14-24-20-18(21(27)28)4-3-5-19(20)23/h3-9,14,16H,2,10-13H2,1H3,(H,25,29). The van der Waals surface area contributed by atoms with Crippen molar-refractivity contribution in [1.29, 1.82) is 0 Å². The van der Waals surface area contributed by atoms with E-state index in [4.69, 9.17) is 16.3 Å². The third-order valence-corrected chi connectivity index (χ3v) is 5.63. The second kappa shape index (κ2) is 8.75. The first-order valence-electron chi connectivity index (χ1n) is 10.0. The van der Waals surface area contributed by atoms with Crippen LogP contribution in [0.1, 0.15) is 25.8 Å². The molecule has 1 aliphatic rings. The van der Waals surface area contributed by atoms with Crippen molar-refractivity contribution in [3.8, 4) is 5.75 Å². The Bertz CT molecular complexity index is 1110. The number of ether oxygens (including phenoxy) is 1. The third-order valence-electron chi connectivity index (χ3n) is 5.32. The number of nitrogens with one attached hydrogen (secondary N) is 1. The van der Waals surface area contributed by atoms with Gasteiger partial charge in [-0.3, -0.25) is 9.36 Å². The van der Waals surface area contributed by atoms with Gasteiger partial charge in [-0.15, -0.1) is 0 Å². The highest BCUT2D eigenvalue weighted by atomic mass is 35.5. The molecule has 156 valence electrons. The van der Waals surface area contributed by atoms with E-state index in [0.717, 1.165) is 11.4 Å². The van der Waals surface area contributed by atoms with Crippen molar-refractivity contribution in [2.45, 2.75) is 25.8 Å². The van der Waals surface area contributed by atoms with Gasteiger partial charge in [0, 0.05) is 24.8 Å². The fraction of sp³-hybridized carbons (Fsp3) is 0.318. The molecule has 8 heteroatoms. The molecule has 2 aromatic carbocycles. The highest BCUT2D eigenvalue weighted by Crippen LogP contribution is 2.24. The number of hydrogen-bond acceptors (Lipinski definition) is 4. The van der Waals surface area contributed by atoms with Crippen LogP contribution in [0.25, 0.3) is 10.9 Å². The number of halogens is 1. The normalized spacial score (nSPS) is 14.7. The lowest BCUT2D eigenvalue weighted by atomic mass is 10.0. The van der Waals surface area contributed by atoms with Gasteiger partial charge in [0.2, 0.25) is 0 Å². The van der Waals surface area contributed by atoms with Crippen LogP contribution in [-0.4, -0.2) is 40.2 Å². The van der Waals surface area contributed by atoms with Crippen LogP contribution in [0.2, 0.25) is 5.02 Å². The van der Waals surface area contributed by atoms with Crippen molar-refractivity contribution in [3.63, 3.8) is 0 Å². The van der Waals surface area contributed by atoms with E-state index in [0.29, 0.717) is 48.5 Å². The number of fused-ring (bicyclic) bond motifs is 1. The van der Waals surface area contributed by atoms with E-state index in [1.54, 1.807) is 34.0 Å². The summed E-state index contributed by atoms with van der Waals surface area (Å²) < 4.78 is 7.08. The summed E-state index contributed by atoms with van der Waals surface area (Å²) in [7, 11) is 0. The van der Waals surface area contributed by atoms with Crippen molar-refractivity contribution >= 4 is 34.2 Å². The number of rotatable bonds is 4. The molecule has 1 fully saturated rings. The second-order valence-electron chi connectivity index (χ2n) is 7.20. The Balaban J connectivity index is 1.40. The Kier molecular flexibility index (Phi) is 5.90. The molecule has 3 aromatic rings. The van der Waals surface area contributed by atoms with E-state index in [9.17, 15) is 9.59 Å². The number of carbonyl (C=O) groups excluding carboxylic acids is 1. The fourth-order valence-electron chi connectivity index (χ4n) is 3.74. The first-order chi connectivity index (χ1) is 14.6. The van der Waals surface area contributed by atoms with Crippen molar-refractivity contribution in [2.24, 2.45) is 0 Å². The maximum atomic E-state index is 12.9. The van der Waals surface area contributed by atoms with Gasteiger partial charge in [0.25, 0.3) is 5.56 Å². The second-order valence-corrected chi connectivity index (χ2v) is 7.61. The van der Waals surface area contributed by atoms with Gasteiger partial charge in [-0.2, -0.15) is 0 Å². The van der Waals surface area contributed by atoms with Gasteiger partial charge in [0.05, 0.1) is 28.9 Å². The number of benzene rings is 2. The van der Waals surface area contributed by atoms with Gasteiger partial charge in [0.1, 0.15) is 5.75 Å². The number of hydrogen-bond donors (Lipinski definition) is 1. The summed E-state index contributed by atoms with van der Waals surface area (Å²) >= 11 is 6.14. The van der Waals surface area contributed by atoms with Gasteiger partial charge in [-0.25, -0.2) is 9.78 Å². The molecule has 0 radical (unpaired) electrons. The van der Waals surface area contributed by atoms with Gasteiger partial charge in [-0.05, 0) is 56.2 Å². The van der Waals surface area contributed by atoms with Crippen molar-refractivity contribution in [3.05, 3.63) is 64.2 Å². The summed E-state index contributed by atoms with van der Waals surface area (Å²) in [4.78, 5) is 31.6. The maximum absolute atomic E-state index is 12.9. The van der Waals surface area contributed by atoms with Gasteiger partial charge in [0.15, 0.2) is 0 Å². The smallest absolute Gasteiger partial charge is 0.321 e. The highest BCUT2D eigenvalue weighted by Gasteiger charge is 2.25. The topological polar surface area (TPSA) is 76.5 Å².